The minimum absolute atomic E-state index is 0.0268. The summed E-state index contributed by atoms with van der Waals surface area (Å²) in [7, 11) is 0. The number of aromatic amines is 1. The molecule has 0 aromatic carbocycles. The van der Waals surface area contributed by atoms with Crippen molar-refractivity contribution < 1.29 is 24.2 Å². The van der Waals surface area contributed by atoms with Crippen LogP contribution in [0.4, 0.5) is 0 Å². The van der Waals surface area contributed by atoms with Crippen molar-refractivity contribution in [2.75, 3.05) is 13.2 Å². The molecule has 0 bridgehead atoms. The van der Waals surface area contributed by atoms with Gasteiger partial charge in [-0.25, -0.2) is 4.79 Å². The van der Waals surface area contributed by atoms with Crippen molar-refractivity contribution >= 4 is 11.9 Å². The van der Waals surface area contributed by atoms with Gasteiger partial charge < -0.3 is 19.6 Å². The molecule has 1 aromatic heterocycles. The van der Waals surface area contributed by atoms with Crippen molar-refractivity contribution in [3.8, 4) is 0 Å². The van der Waals surface area contributed by atoms with Gasteiger partial charge in [-0.2, -0.15) is 0 Å². The van der Waals surface area contributed by atoms with Crippen LogP contribution in [0.25, 0.3) is 0 Å². The van der Waals surface area contributed by atoms with E-state index < -0.39 is 18.4 Å². The predicted molar refractivity (Wildman–Crippen MR) is 71.0 cm³/mol. The highest BCUT2D eigenvalue weighted by molar-refractivity contribution is 5.87. The summed E-state index contributed by atoms with van der Waals surface area (Å²) < 4.78 is 10.7. The molecule has 2 unspecified atom stereocenters. The third kappa shape index (κ3) is 2.70. The molecule has 1 fully saturated rings. The van der Waals surface area contributed by atoms with E-state index in [4.69, 9.17) is 9.47 Å². The SMILES string of the molecule is O=C(OCC1=CCOC1N1C(=O)CCC1O)c1ccc[nH]1. The first-order chi connectivity index (χ1) is 10.2. The Bertz CT molecular complexity index is 566. The number of rotatable bonds is 4. The number of hydrogen-bond donors (Lipinski definition) is 2. The van der Waals surface area contributed by atoms with Gasteiger partial charge in [-0.1, -0.05) is 6.08 Å². The maximum absolute atomic E-state index is 11.8. The molecule has 7 nitrogen and oxygen atoms in total. The van der Waals surface area contributed by atoms with Crippen molar-refractivity contribution in [1.29, 1.82) is 0 Å². The Morgan fingerprint density at radius 2 is 2.43 bits per heavy atom. The first kappa shape index (κ1) is 13.8. The molecule has 2 aliphatic heterocycles. The second-order valence-electron chi connectivity index (χ2n) is 4.94. The lowest BCUT2D eigenvalue weighted by molar-refractivity contribution is -0.148. The molecule has 2 atom stereocenters. The number of carbonyl (C=O) groups excluding carboxylic acids is 2. The lowest BCUT2D eigenvalue weighted by atomic mass is 10.2. The molecule has 1 saturated heterocycles. The fourth-order valence-electron chi connectivity index (χ4n) is 2.50. The molecule has 0 radical (unpaired) electrons. The normalized spacial score (nSPS) is 25.3. The highest BCUT2D eigenvalue weighted by atomic mass is 16.5. The van der Waals surface area contributed by atoms with E-state index >= 15 is 0 Å². The summed E-state index contributed by atoms with van der Waals surface area (Å²) in [5.74, 6) is -0.629. The molecule has 3 heterocycles. The van der Waals surface area contributed by atoms with E-state index in [0.717, 1.165) is 0 Å². The number of aliphatic hydroxyl groups is 1. The smallest absolute Gasteiger partial charge is 0.355 e. The number of esters is 1. The molecule has 112 valence electrons. The lowest BCUT2D eigenvalue weighted by Gasteiger charge is -2.28. The van der Waals surface area contributed by atoms with Crippen LogP contribution < -0.4 is 0 Å². The Morgan fingerprint density at radius 3 is 3.10 bits per heavy atom. The van der Waals surface area contributed by atoms with Crippen LogP contribution in [0, 0.1) is 0 Å². The Hall–Kier alpha value is -2.12. The van der Waals surface area contributed by atoms with Gasteiger partial charge in [-0.15, -0.1) is 0 Å². The summed E-state index contributed by atoms with van der Waals surface area (Å²) in [6, 6.07) is 3.32. The van der Waals surface area contributed by atoms with Gasteiger partial charge in [0.2, 0.25) is 5.91 Å². The van der Waals surface area contributed by atoms with Crippen LogP contribution in [0.1, 0.15) is 23.3 Å². The largest absolute Gasteiger partial charge is 0.456 e. The molecule has 3 rings (SSSR count). The summed E-state index contributed by atoms with van der Waals surface area (Å²) in [5.41, 5.74) is 1.03. The molecule has 1 amide bonds. The summed E-state index contributed by atoms with van der Waals surface area (Å²) in [6.45, 7) is 0.357. The van der Waals surface area contributed by atoms with Crippen molar-refractivity contribution in [2.45, 2.75) is 25.3 Å². The maximum atomic E-state index is 11.8. The number of nitrogens with zero attached hydrogens (tertiary/aromatic N) is 1. The first-order valence-corrected chi connectivity index (χ1v) is 6.77. The molecule has 2 N–H and O–H groups in total. The Kier molecular flexibility index (Phi) is 3.76. The average Bonchev–Trinajstić information content (AvgIpc) is 3.18. The Morgan fingerprint density at radius 1 is 1.57 bits per heavy atom. The minimum atomic E-state index is -0.844. The monoisotopic (exact) mass is 292 g/mol. The number of aliphatic hydroxyl groups excluding tert-OH is 1. The van der Waals surface area contributed by atoms with Gasteiger partial charge in [0.05, 0.1) is 6.61 Å². The zero-order valence-corrected chi connectivity index (χ0v) is 11.3. The number of carbonyl (C=O) groups is 2. The molecule has 7 heteroatoms. The second-order valence-corrected chi connectivity index (χ2v) is 4.94. The van der Waals surface area contributed by atoms with E-state index in [-0.39, 0.29) is 12.5 Å². The van der Waals surface area contributed by atoms with Crippen LogP contribution in [0.15, 0.2) is 30.0 Å². The van der Waals surface area contributed by atoms with Gasteiger partial charge in [0.25, 0.3) is 0 Å². The summed E-state index contributed by atoms with van der Waals surface area (Å²) in [4.78, 5) is 27.6. The fraction of sp³-hybridized carbons (Fsp3) is 0.429. The number of ether oxygens (including phenoxy) is 2. The lowest BCUT2D eigenvalue weighted by Crippen LogP contribution is -2.43. The van der Waals surface area contributed by atoms with Gasteiger partial charge in [0.1, 0.15) is 18.5 Å². The van der Waals surface area contributed by atoms with Crippen LogP contribution in [0.5, 0.6) is 0 Å². The van der Waals surface area contributed by atoms with Crippen molar-refractivity contribution in [3.05, 3.63) is 35.7 Å². The maximum Gasteiger partial charge on any atom is 0.355 e. The van der Waals surface area contributed by atoms with Crippen LogP contribution in [-0.4, -0.2) is 52.5 Å². The quantitative estimate of drug-likeness (QED) is 0.619. The van der Waals surface area contributed by atoms with Gasteiger partial charge in [-0.3, -0.25) is 9.69 Å². The van der Waals surface area contributed by atoms with Gasteiger partial charge >= 0.3 is 5.97 Å². The molecule has 0 aliphatic carbocycles. The zero-order valence-electron chi connectivity index (χ0n) is 11.3. The van der Waals surface area contributed by atoms with Crippen LogP contribution in [0.2, 0.25) is 0 Å². The number of nitrogens with one attached hydrogen (secondary N) is 1. The zero-order chi connectivity index (χ0) is 14.8. The van der Waals surface area contributed by atoms with E-state index in [2.05, 4.69) is 4.98 Å². The Labute approximate surface area is 121 Å². The van der Waals surface area contributed by atoms with Crippen molar-refractivity contribution in [1.82, 2.24) is 9.88 Å². The standard InChI is InChI=1S/C14H16N2O5/c17-11-3-4-12(18)16(11)13-9(5-7-20-13)8-21-14(19)10-2-1-6-15-10/h1-2,5-6,11,13,15,17H,3-4,7-8H2. The molecule has 1 aromatic rings. The summed E-state index contributed by atoms with van der Waals surface area (Å²) in [5, 5.41) is 9.85. The third-order valence-electron chi connectivity index (χ3n) is 3.58. The van der Waals surface area contributed by atoms with Crippen LogP contribution in [0.3, 0.4) is 0 Å². The molecule has 0 saturated carbocycles. The number of hydrogen-bond acceptors (Lipinski definition) is 5. The molecule has 2 aliphatic rings. The highest BCUT2D eigenvalue weighted by Gasteiger charge is 2.39. The van der Waals surface area contributed by atoms with Crippen molar-refractivity contribution in [3.63, 3.8) is 0 Å². The fourth-order valence-corrected chi connectivity index (χ4v) is 2.50. The molecular weight excluding hydrogens is 276 g/mol. The number of likely N-dealkylation sites (tertiary alicyclic amines) is 1. The van der Waals surface area contributed by atoms with Gasteiger partial charge in [0.15, 0.2) is 6.23 Å². The van der Waals surface area contributed by atoms with Crippen molar-refractivity contribution in [2.24, 2.45) is 0 Å². The van der Waals surface area contributed by atoms with Crippen LogP contribution >= 0.6 is 0 Å². The highest BCUT2D eigenvalue weighted by Crippen LogP contribution is 2.27. The van der Waals surface area contributed by atoms with E-state index in [1.807, 2.05) is 0 Å². The second kappa shape index (κ2) is 5.71. The molecule has 21 heavy (non-hydrogen) atoms. The number of aromatic nitrogens is 1. The van der Waals surface area contributed by atoms with Crippen LogP contribution in [-0.2, 0) is 14.3 Å². The van der Waals surface area contributed by atoms with Gasteiger partial charge in [-0.05, 0) is 12.1 Å². The Balaban J connectivity index is 1.62. The topological polar surface area (TPSA) is 91.9 Å². The van der Waals surface area contributed by atoms with E-state index in [1.165, 1.54) is 4.90 Å². The average molecular weight is 292 g/mol. The summed E-state index contributed by atoms with van der Waals surface area (Å²) in [6.07, 6.45) is 2.61. The number of amides is 1. The van der Waals surface area contributed by atoms with E-state index in [9.17, 15) is 14.7 Å². The minimum Gasteiger partial charge on any atom is -0.456 e. The molecular formula is C14H16N2O5. The van der Waals surface area contributed by atoms with E-state index in [0.29, 0.717) is 30.7 Å². The first-order valence-electron chi connectivity index (χ1n) is 6.77. The summed E-state index contributed by atoms with van der Waals surface area (Å²) >= 11 is 0. The van der Waals surface area contributed by atoms with E-state index in [1.54, 1.807) is 24.4 Å². The predicted octanol–water partition coefficient (Wildman–Crippen LogP) is 0.395. The third-order valence-corrected chi connectivity index (χ3v) is 3.58. The van der Waals surface area contributed by atoms with Gasteiger partial charge in [0, 0.05) is 24.6 Å². The number of H-pyrrole nitrogens is 1. The molecule has 0 spiro atoms.